The smallest absolute Gasteiger partial charge is 0.415 e. The summed E-state index contributed by atoms with van der Waals surface area (Å²) in [5.74, 6) is 0.672. The van der Waals surface area contributed by atoms with E-state index in [-0.39, 0.29) is 11.5 Å². The van der Waals surface area contributed by atoms with Crippen LogP contribution in [0.15, 0.2) is 88.7 Å². The molecule has 1 heterocycles. The van der Waals surface area contributed by atoms with Crippen LogP contribution in [-0.4, -0.2) is 27.7 Å². The zero-order chi connectivity index (χ0) is 24.3. The van der Waals surface area contributed by atoms with Crippen molar-refractivity contribution in [2.75, 3.05) is 12.0 Å². The quantitative estimate of drug-likeness (QED) is 0.472. The second-order valence-corrected chi connectivity index (χ2v) is 10.1. The molecule has 1 unspecified atom stereocenters. The minimum atomic E-state index is -3.68. The molecule has 0 fully saturated rings. The van der Waals surface area contributed by atoms with E-state index >= 15 is 0 Å². The van der Waals surface area contributed by atoms with Crippen molar-refractivity contribution in [3.63, 3.8) is 0 Å². The van der Waals surface area contributed by atoms with Gasteiger partial charge in [0.1, 0.15) is 12.4 Å². The Kier molecular flexibility index (Phi) is 6.75. The summed E-state index contributed by atoms with van der Waals surface area (Å²) in [6.45, 7) is 3.76. The van der Waals surface area contributed by atoms with Crippen LogP contribution in [0.1, 0.15) is 23.6 Å². The standard InChI is InChI=1S/C27H27NO5S/c1-19-9-12-24(13-10-19)34(30,31)18-20(2)26-16-22-15-23(32-3)11-14-25(22)28(26)27(29)33-17-21-7-5-4-6-8-21/h4-15,18,26H,16-17H2,1-3H3/b20-18+. The summed E-state index contributed by atoms with van der Waals surface area (Å²) in [4.78, 5) is 15.0. The SMILES string of the molecule is COc1ccc2c(c1)CC(/C(C)=C/S(=O)(=O)c1ccc(C)cc1)N2C(=O)OCc1ccccc1. The molecule has 7 heteroatoms. The average Bonchev–Trinajstić information content (AvgIpc) is 3.22. The fourth-order valence-corrected chi connectivity index (χ4v) is 5.35. The number of carbonyl (C=O) groups is 1. The van der Waals surface area contributed by atoms with E-state index in [1.54, 1.807) is 50.4 Å². The third kappa shape index (κ3) is 4.99. The predicted molar refractivity (Wildman–Crippen MR) is 132 cm³/mol. The van der Waals surface area contributed by atoms with E-state index < -0.39 is 22.0 Å². The number of fused-ring (bicyclic) bond motifs is 1. The third-order valence-electron chi connectivity index (χ3n) is 5.89. The molecular weight excluding hydrogens is 450 g/mol. The van der Waals surface area contributed by atoms with Crippen LogP contribution in [-0.2, 0) is 27.6 Å². The molecule has 0 aliphatic carbocycles. The van der Waals surface area contributed by atoms with Gasteiger partial charge in [-0.15, -0.1) is 0 Å². The maximum atomic E-state index is 13.2. The highest BCUT2D eigenvalue weighted by atomic mass is 32.2. The number of carbonyl (C=O) groups excluding carboxylic acids is 1. The van der Waals surface area contributed by atoms with E-state index in [9.17, 15) is 13.2 Å². The number of nitrogens with zero attached hydrogens (tertiary/aromatic N) is 1. The molecule has 176 valence electrons. The first-order valence-electron chi connectivity index (χ1n) is 11.0. The first kappa shape index (κ1) is 23.6. The topological polar surface area (TPSA) is 72.9 Å². The molecular formula is C27H27NO5S. The molecule has 0 spiro atoms. The molecule has 3 aromatic rings. The van der Waals surface area contributed by atoms with Gasteiger partial charge in [0.2, 0.25) is 0 Å². The van der Waals surface area contributed by atoms with Crippen molar-refractivity contribution in [2.45, 2.75) is 37.8 Å². The van der Waals surface area contributed by atoms with Crippen molar-refractivity contribution < 1.29 is 22.7 Å². The fourth-order valence-electron chi connectivity index (χ4n) is 4.05. The first-order valence-corrected chi connectivity index (χ1v) is 12.5. The third-order valence-corrected chi connectivity index (χ3v) is 7.50. The van der Waals surface area contributed by atoms with Crippen molar-refractivity contribution in [2.24, 2.45) is 0 Å². The van der Waals surface area contributed by atoms with Crippen LogP contribution in [0.4, 0.5) is 10.5 Å². The number of amides is 1. The predicted octanol–water partition coefficient (Wildman–Crippen LogP) is 5.45. The maximum absolute atomic E-state index is 13.2. The molecule has 0 saturated carbocycles. The Morgan fingerprint density at radius 2 is 1.76 bits per heavy atom. The van der Waals surface area contributed by atoms with E-state index in [4.69, 9.17) is 9.47 Å². The van der Waals surface area contributed by atoms with Crippen molar-refractivity contribution in [3.8, 4) is 5.75 Å². The largest absolute Gasteiger partial charge is 0.497 e. The molecule has 34 heavy (non-hydrogen) atoms. The van der Waals surface area contributed by atoms with Crippen LogP contribution in [0.25, 0.3) is 0 Å². The number of anilines is 1. The zero-order valence-electron chi connectivity index (χ0n) is 19.4. The normalized spacial score (nSPS) is 15.7. The lowest BCUT2D eigenvalue weighted by atomic mass is 10.1. The summed E-state index contributed by atoms with van der Waals surface area (Å²) in [7, 11) is -2.10. The summed E-state index contributed by atoms with van der Waals surface area (Å²) < 4.78 is 37.0. The van der Waals surface area contributed by atoms with Gasteiger partial charge in [-0.2, -0.15) is 0 Å². The van der Waals surface area contributed by atoms with Gasteiger partial charge in [-0.1, -0.05) is 48.0 Å². The molecule has 1 amide bonds. The Hall–Kier alpha value is -3.58. The van der Waals surface area contributed by atoms with E-state index in [0.29, 0.717) is 23.4 Å². The monoisotopic (exact) mass is 477 g/mol. The number of benzene rings is 3. The van der Waals surface area contributed by atoms with E-state index in [1.165, 1.54) is 10.3 Å². The van der Waals surface area contributed by atoms with Gasteiger partial charge >= 0.3 is 6.09 Å². The second-order valence-electron chi connectivity index (χ2n) is 8.34. The van der Waals surface area contributed by atoms with Crippen LogP contribution in [0.5, 0.6) is 5.75 Å². The number of sulfone groups is 1. The Bertz CT molecular complexity index is 1310. The Balaban J connectivity index is 1.65. The summed E-state index contributed by atoms with van der Waals surface area (Å²) in [6.07, 6.45) is -0.0723. The number of rotatable bonds is 6. The average molecular weight is 478 g/mol. The maximum Gasteiger partial charge on any atom is 0.415 e. The fraction of sp³-hybridized carbons (Fsp3) is 0.222. The van der Waals surface area contributed by atoms with E-state index in [1.807, 2.05) is 43.3 Å². The Labute approximate surface area is 200 Å². The number of hydrogen-bond acceptors (Lipinski definition) is 5. The molecule has 4 rings (SSSR count). The highest BCUT2D eigenvalue weighted by Crippen LogP contribution is 2.38. The van der Waals surface area contributed by atoms with Crippen molar-refractivity contribution in [3.05, 3.63) is 100 Å². The molecule has 1 aliphatic rings. The lowest BCUT2D eigenvalue weighted by molar-refractivity contribution is 0.146. The van der Waals surface area contributed by atoms with E-state index in [0.717, 1.165) is 16.7 Å². The van der Waals surface area contributed by atoms with Gasteiger partial charge in [-0.3, -0.25) is 4.90 Å². The number of hydrogen-bond donors (Lipinski definition) is 0. The lowest BCUT2D eigenvalue weighted by Crippen LogP contribution is -2.39. The minimum absolute atomic E-state index is 0.124. The summed E-state index contributed by atoms with van der Waals surface area (Å²) in [5, 5.41) is 1.25. The molecule has 0 aromatic heterocycles. The molecule has 6 nitrogen and oxygen atoms in total. The van der Waals surface area contributed by atoms with Gasteiger partial charge in [-0.05, 0) is 67.3 Å². The molecule has 0 saturated heterocycles. The molecule has 1 aliphatic heterocycles. The van der Waals surface area contributed by atoms with Gasteiger partial charge in [0.15, 0.2) is 9.84 Å². The lowest BCUT2D eigenvalue weighted by Gasteiger charge is -2.25. The highest BCUT2D eigenvalue weighted by molar-refractivity contribution is 7.94. The number of ether oxygens (including phenoxy) is 2. The van der Waals surface area contributed by atoms with Crippen LogP contribution in [0, 0.1) is 6.92 Å². The Morgan fingerprint density at radius 3 is 2.44 bits per heavy atom. The molecule has 3 aromatic carbocycles. The zero-order valence-corrected chi connectivity index (χ0v) is 20.2. The van der Waals surface area contributed by atoms with Crippen LogP contribution in [0.3, 0.4) is 0 Å². The van der Waals surface area contributed by atoms with Crippen molar-refractivity contribution in [1.82, 2.24) is 0 Å². The van der Waals surface area contributed by atoms with Crippen molar-refractivity contribution >= 4 is 21.6 Å². The second kappa shape index (κ2) is 9.73. The minimum Gasteiger partial charge on any atom is -0.497 e. The summed E-state index contributed by atoms with van der Waals surface area (Å²) >= 11 is 0. The molecule has 0 bridgehead atoms. The van der Waals surface area contributed by atoms with Crippen molar-refractivity contribution in [1.29, 1.82) is 0 Å². The van der Waals surface area contributed by atoms with Crippen LogP contribution >= 0.6 is 0 Å². The van der Waals surface area contributed by atoms with Crippen LogP contribution < -0.4 is 9.64 Å². The first-order chi connectivity index (χ1) is 16.3. The van der Waals surface area contributed by atoms with E-state index in [2.05, 4.69) is 0 Å². The molecule has 0 radical (unpaired) electrons. The van der Waals surface area contributed by atoms with Gasteiger partial charge < -0.3 is 9.47 Å². The van der Waals surface area contributed by atoms with Gasteiger partial charge in [-0.25, -0.2) is 13.2 Å². The van der Waals surface area contributed by atoms with Gasteiger partial charge in [0, 0.05) is 5.41 Å². The number of aryl methyl sites for hydroxylation is 1. The Morgan fingerprint density at radius 1 is 1.06 bits per heavy atom. The van der Waals surface area contributed by atoms with Gasteiger partial charge in [0.25, 0.3) is 0 Å². The summed E-state index contributed by atoms with van der Waals surface area (Å²) in [5.41, 5.74) is 3.97. The molecule has 1 atom stereocenters. The summed E-state index contributed by atoms with van der Waals surface area (Å²) in [6, 6.07) is 21.1. The van der Waals surface area contributed by atoms with Gasteiger partial charge in [0.05, 0.1) is 23.7 Å². The van der Waals surface area contributed by atoms with Crippen LogP contribution in [0.2, 0.25) is 0 Å². The number of methoxy groups -OCH3 is 1. The molecule has 0 N–H and O–H groups in total. The highest BCUT2D eigenvalue weighted by Gasteiger charge is 2.37.